The number of nitrogens with one attached hydrogen (secondary N) is 2. The van der Waals surface area contributed by atoms with Crippen molar-refractivity contribution in [3.05, 3.63) is 40.0 Å². The monoisotopic (exact) mass is 356 g/mol. The Morgan fingerprint density at radius 3 is 2.78 bits per heavy atom. The van der Waals surface area contributed by atoms with Crippen LogP contribution in [-0.2, 0) is 11.3 Å². The topological polar surface area (TPSA) is 89.3 Å². The third-order valence-corrected chi connectivity index (χ3v) is 3.65. The molecular weight excluding hydrogens is 343 g/mol. The largest absolute Gasteiger partial charge is 0.368 e. The fourth-order valence-electron chi connectivity index (χ4n) is 2.20. The molecule has 2 N–H and O–H groups in total. The molecule has 1 fully saturated rings. The third-order valence-electron chi connectivity index (χ3n) is 3.22. The number of nitrogens with zero attached hydrogens (tertiary/aromatic N) is 2. The van der Waals surface area contributed by atoms with Gasteiger partial charge in [-0.3, -0.25) is 0 Å². The summed E-state index contributed by atoms with van der Waals surface area (Å²) >= 11 is 11.7. The van der Waals surface area contributed by atoms with Crippen LogP contribution >= 0.6 is 23.2 Å². The van der Waals surface area contributed by atoms with Crippen molar-refractivity contribution in [1.82, 2.24) is 15.5 Å². The van der Waals surface area contributed by atoms with E-state index >= 15 is 0 Å². The van der Waals surface area contributed by atoms with E-state index in [-0.39, 0.29) is 12.6 Å². The lowest BCUT2D eigenvalue weighted by Gasteiger charge is -2.07. The van der Waals surface area contributed by atoms with E-state index in [9.17, 15) is 4.79 Å². The number of ether oxygens (including phenoxy) is 1. The molecule has 0 spiro atoms. The van der Waals surface area contributed by atoms with Gasteiger partial charge in [0.2, 0.25) is 0 Å². The van der Waals surface area contributed by atoms with Crippen LogP contribution in [-0.4, -0.2) is 22.8 Å². The van der Waals surface area contributed by atoms with E-state index in [1.165, 1.54) is 0 Å². The fourth-order valence-corrected chi connectivity index (χ4v) is 2.73. The summed E-state index contributed by atoms with van der Waals surface area (Å²) in [4.78, 5) is 16.1. The Bertz CT molecular complexity index is 681. The lowest BCUT2D eigenvalue weighted by molar-refractivity contribution is 0.0835. The Balaban J connectivity index is 1.52. The molecule has 1 saturated heterocycles. The van der Waals surface area contributed by atoms with Gasteiger partial charge in [0.1, 0.15) is 6.10 Å². The number of urea groups is 1. The molecule has 9 heteroatoms. The zero-order valence-corrected chi connectivity index (χ0v) is 13.5. The van der Waals surface area contributed by atoms with Crippen LogP contribution in [0, 0.1) is 0 Å². The molecule has 1 aliphatic rings. The predicted octanol–water partition coefficient (Wildman–Crippen LogP) is 3.55. The van der Waals surface area contributed by atoms with Gasteiger partial charge >= 0.3 is 6.03 Å². The van der Waals surface area contributed by atoms with Crippen LogP contribution < -0.4 is 10.6 Å². The van der Waals surface area contributed by atoms with Crippen molar-refractivity contribution >= 4 is 34.9 Å². The number of rotatable bonds is 4. The lowest BCUT2D eigenvalue weighted by atomic mass is 10.2. The number of carbonyl (C=O) groups is 1. The van der Waals surface area contributed by atoms with Gasteiger partial charge in [-0.05, 0) is 31.0 Å². The predicted molar refractivity (Wildman–Crippen MR) is 84.5 cm³/mol. The SMILES string of the molecule is O=C(NCc1noc([C@@H]2CCCO2)n1)Nc1cc(Cl)cc(Cl)c1. The van der Waals surface area contributed by atoms with Crippen LogP contribution in [0.1, 0.15) is 30.7 Å². The Morgan fingerprint density at radius 1 is 1.30 bits per heavy atom. The Labute approximate surface area is 142 Å². The van der Waals surface area contributed by atoms with Crippen LogP contribution in [0.2, 0.25) is 10.0 Å². The first kappa shape index (κ1) is 16.0. The van der Waals surface area contributed by atoms with Crippen LogP contribution in [0.25, 0.3) is 0 Å². The van der Waals surface area contributed by atoms with Crippen molar-refractivity contribution in [1.29, 1.82) is 0 Å². The number of anilines is 1. The molecule has 122 valence electrons. The quantitative estimate of drug-likeness (QED) is 0.874. The number of amides is 2. The molecule has 0 saturated carbocycles. The van der Waals surface area contributed by atoms with Gasteiger partial charge in [0, 0.05) is 22.3 Å². The van der Waals surface area contributed by atoms with E-state index in [0.29, 0.717) is 34.1 Å². The van der Waals surface area contributed by atoms with Crippen LogP contribution in [0.15, 0.2) is 22.7 Å². The summed E-state index contributed by atoms with van der Waals surface area (Å²) in [5.74, 6) is 0.830. The molecule has 0 bridgehead atoms. The van der Waals surface area contributed by atoms with Crippen molar-refractivity contribution in [3.8, 4) is 0 Å². The second kappa shape index (κ2) is 7.16. The van der Waals surface area contributed by atoms with Gasteiger partial charge in [0.05, 0.1) is 6.54 Å². The number of benzene rings is 1. The summed E-state index contributed by atoms with van der Waals surface area (Å²) < 4.78 is 10.6. The maximum Gasteiger partial charge on any atom is 0.319 e. The second-order valence-corrected chi connectivity index (χ2v) is 5.89. The molecule has 1 aromatic carbocycles. The smallest absolute Gasteiger partial charge is 0.319 e. The maximum absolute atomic E-state index is 11.9. The summed E-state index contributed by atoms with van der Waals surface area (Å²) in [5, 5.41) is 9.95. The first-order valence-electron chi connectivity index (χ1n) is 7.05. The van der Waals surface area contributed by atoms with E-state index in [2.05, 4.69) is 20.8 Å². The first-order chi connectivity index (χ1) is 11.1. The summed E-state index contributed by atoms with van der Waals surface area (Å²) in [7, 11) is 0. The molecule has 0 aliphatic carbocycles. The molecule has 2 amide bonds. The minimum Gasteiger partial charge on any atom is -0.368 e. The molecule has 1 atom stereocenters. The standard InChI is InChI=1S/C14H14Cl2N4O3/c15-8-4-9(16)6-10(5-8)18-14(21)17-7-12-19-13(23-20-12)11-2-1-3-22-11/h4-6,11H,1-3,7H2,(H2,17,18,21)/t11-/m0/s1. The highest BCUT2D eigenvalue weighted by Crippen LogP contribution is 2.26. The van der Waals surface area contributed by atoms with Crippen molar-refractivity contribution in [2.75, 3.05) is 11.9 Å². The Hall–Kier alpha value is -1.83. The van der Waals surface area contributed by atoms with Crippen LogP contribution in [0.3, 0.4) is 0 Å². The van der Waals surface area contributed by atoms with Gasteiger partial charge in [-0.1, -0.05) is 28.4 Å². The minimum absolute atomic E-state index is 0.135. The zero-order valence-electron chi connectivity index (χ0n) is 12.0. The fraction of sp³-hybridized carbons (Fsp3) is 0.357. The van der Waals surface area contributed by atoms with Gasteiger partial charge in [-0.2, -0.15) is 4.98 Å². The summed E-state index contributed by atoms with van der Waals surface area (Å²) in [6, 6.07) is 4.35. The molecule has 23 heavy (non-hydrogen) atoms. The zero-order chi connectivity index (χ0) is 16.2. The van der Waals surface area contributed by atoms with E-state index in [1.807, 2.05) is 0 Å². The number of carbonyl (C=O) groups excluding carboxylic acids is 1. The molecule has 3 rings (SSSR count). The van der Waals surface area contributed by atoms with Crippen LogP contribution in [0.5, 0.6) is 0 Å². The van der Waals surface area contributed by atoms with E-state index in [1.54, 1.807) is 18.2 Å². The highest BCUT2D eigenvalue weighted by Gasteiger charge is 2.23. The molecule has 7 nitrogen and oxygen atoms in total. The van der Waals surface area contributed by atoms with Crippen molar-refractivity contribution < 1.29 is 14.1 Å². The molecule has 0 unspecified atom stereocenters. The highest BCUT2D eigenvalue weighted by molar-refractivity contribution is 6.35. The number of hydrogen-bond donors (Lipinski definition) is 2. The summed E-state index contributed by atoms with van der Waals surface area (Å²) in [6.45, 7) is 0.835. The first-order valence-corrected chi connectivity index (χ1v) is 7.81. The Morgan fingerprint density at radius 2 is 2.09 bits per heavy atom. The normalized spacial score (nSPS) is 17.2. The van der Waals surface area contributed by atoms with Crippen molar-refractivity contribution in [2.45, 2.75) is 25.5 Å². The van der Waals surface area contributed by atoms with Gasteiger partial charge < -0.3 is 19.9 Å². The van der Waals surface area contributed by atoms with Crippen LogP contribution in [0.4, 0.5) is 10.5 Å². The Kier molecular flexibility index (Phi) is 5.00. The third kappa shape index (κ3) is 4.34. The molecule has 0 radical (unpaired) electrons. The molecular formula is C14H14Cl2N4O3. The molecule has 1 aliphatic heterocycles. The van der Waals surface area contributed by atoms with Gasteiger partial charge in [0.25, 0.3) is 5.89 Å². The number of halogens is 2. The summed E-state index contributed by atoms with van der Waals surface area (Å²) in [6.07, 6.45) is 1.70. The van der Waals surface area contributed by atoms with E-state index in [4.69, 9.17) is 32.5 Å². The van der Waals surface area contributed by atoms with Gasteiger partial charge in [0.15, 0.2) is 5.82 Å². The average Bonchev–Trinajstić information content (AvgIpc) is 3.15. The molecule has 2 aromatic rings. The maximum atomic E-state index is 11.9. The molecule has 1 aromatic heterocycles. The summed E-state index contributed by atoms with van der Waals surface area (Å²) in [5.41, 5.74) is 0.494. The van der Waals surface area contributed by atoms with Crippen molar-refractivity contribution in [2.24, 2.45) is 0 Å². The minimum atomic E-state index is -0.424. The van der Waals surface area contributed by atoms with E-state index in [0.717, 1.165) is 12.8 Å². The second-order valence-electron chi connectivity index (χ2n) is 5.02. The lowest BCUT2D eigenvalue weighted by Crippen LogP contribution is -2.28. The number of aromatic nitrogens is 2. The molecule has 2 heterocycles. The van der Waals surface area contributed by atoms with Crippen molar-refractivity contribution in [3.63, 3.8) is 0 Å². The van der Waals surface area contributed by atoms with Gasteiger partial charge in [-0.15, -0.1) is 0 Å². The average molecular weight is 357 g/mol. The van der Waals surface area contributed by atoms with Gasteiger partial charge in [-0.25, -0.2) is 4.79 Å². The highest BCUT2D eigenvalue weighted by atomic mass is 35.5. The van der Waals surface area contributed by atoms with E-state index < -0.39 is 6.03 Å². The number of hydrogen-bond acceptors (Lipinski definition) is 5.